The highest BCUT2D eigenvalue weighted by molar-refractivity contribution is 6.07. The van der Waals surface area contributed by atoms with Crippen molar-refractivity contribution in [2.75, 3.05) is 55.5 Å². The van der Waals surface area contributed by atoms with Gasteiger partial charge in [0.2, 0.25) is 0 Å². The van der Waals surface area contributed by atoms with Crippen LogP contribution in [0, 0.1) is 0 Å². The number of benzene rings is 1. The third-order valence-electron chi connectivity index (χ3n) is 3.96. The van der Waals surface area contributed by atoms with Gasteiger partial charge in [-0.15, -0.1) is 0 Å². The number of hydrogen-bond donors (Lipinski definition) is 1. The van der Waals surface area contributed by atoms with E-state index in [9.17, 15) is 4.79 Å². The van der Waals surface area contributed by atoms with Crippen LogP contribution in [0.1, 0.15) is 10.4 Å². The van der Waals surface area contributed by atoms with Crippen molar-refractivity contribution in [3.05, 3.63) is 48.2 Å². The monoisotopic (exact) mass is 326 g/mol. The van der Waals surface area contributed by atoms with E-state index in [2.05, 4.69) is 15.2 Å². The van der Waals surface area contributed by atoms with E-state index in [0.29, 0.717) is 24.6 Å². The maximum atomic E-state index is 12.7. The van der Waals surface area contributed by atoms with Gasteiger partial charge in [-0.3, -0.25) is 4.79 Å². The number of carbonyl (C=O) groups excluding carboxylic acids is 1. The summed E-state index contributed by atoms with van der Waals surface area (Å²) in [5.74, 6) is 0.558. The first-order chi connectivity index (χ1) is 11.6. The van der Waals surface area contributed by atoms with Crippen LogP contribution in [0.5, 0.6) is 0 Å². The smallest absolute Gasteiger partial charge is 0.259 e. The third-order valence-corrected chi connectivity index (χ3v) is 3.96. The largest absolute Gasteiger partial charge is 0.378 e. The number of aromatic nitrogens is 1. The van der Waals surface area contributed by atoms with Crippen LogP contribution < -0.4 is 15.1 Å². The molecular weight excluding hydrogens is 304 g/mol. The van der Waals surface area contributed by atoms with E-state index in [0.717, 1.165) is 24.5 Å². The second-order valence-electron chi connectivity index (χ2n) is 5.87. The predicted octanol–water partition coefficient (Wildman–Crippen LogP) is 2.24. The number of rotatable bonds is 4. The number of ether oxygens (including phenoxy) is 1. The second kappa shape index (κ2) is 7.31. The average molecular weight is 326 g/mol. The molecule has 126 valence electrons. The van der Waals surface area contributed by atoms with Gasteiger partial charge in [-0.1, -0.05) is 6.07 Å². The quantitative estimate of drug-likeness (QED) is 0.934. The highest BCUT2D eigenvalue weighted by Gasteiger charge is 2.20. The molecule has 1 fully saturated rings. The molecular formula is C18H22N4O2. The first-order valence-corrected chi connectivity index (χ1v) is 8.01. The van der Waals surface area contributed by atoms with E-state index < -0.39 is 0 Å². The third kappa shape index (κ3) is 3.65. The summed E-state index contributed by atoms with van der Waals surface area (Å²) in [6.07, 6.45) is 1.72. The minimum atomic E-state index is -0.152. The normalized spacial score (nSPS) is 14.3. The number of anilines is 3. The number of nitrogens with zero attached hydrogens (tertiary/aromatic N) is 3. The van der Waals surface area contributed by atoms with E-state index in [4.69, 9.17) is 4.74 Å². The van der Waals surface area contributed by atoms with Crippen LogP contribution in [0.25, 0.3) is 0 Å². The Bertz CT molecular complexity index is 712. The van der Waals surface area contributed by atoms with Crippen molar-refractivity contribution >= 4 is 23.1 Å². The molecule has 1 N–H and O–H groups in total. The van der Waals surface area contributed by atoms with E-state index in [1.165, 1.54) is 0 Å². The molecule has 0 bridgehead atoms. The van der Waals surface area contributed by atoms with Crippen molar-refractivity contribution in [2.45, 2.75) is 0 Å². The Labute approximate surface area is 142 Å². The number of hydrogen-bond acceptors (Lipinski definition) is 5. The highest BCUT2D eigenvalue weighted by Crippen LogP contribution is 2.22. The zero-order valence-corrected chi connectivity index (χ0v) is 14.0. The van der Waals surface area contributed by atoms with Gasteiger partial charge in [0, 0.05) is 44.8 Å². The van der Waals surface area contributed by atoms with E-state index >= 15 is 0 Å². The lowest BCUT2D eigenvalue weighted by atomic mass is 10.2. The Morgan fingerprint density at radius 2 is 2.00 bits per heavy atom. The SMILES string of the molecule is CN(C)c1cccc(NC(=O)c2cccnc2N2CCOCC2)c1. The van der Waals surface area contributed by atoms with Crippen molar-refractivity contribution < 1.29 is 9.53 Å². The van der Waals surface area contributed by atoms with Gasteiger partial charge in [0.1, 0.15) is 5.82 Å². The summed E-state index contributed by atoms with van der Waals surface area (Å²) in [7, 11) is 3.94. The number of pyridine rings is 1. The molecule has 1 aliphatic heterocycles. The molecule has 6 heteroatoms. The molecule has 0 unspecified atom stereocenters. The maximum Gasteiger partial charge on any atom is 0.259 e. The van der Waals surface area contributed by atoms with Gasteiger partial charge >= 0.3 is 0 Å². The van der Waals surface area contributed by atoms with Crippen LogP contribution in [0.2, 0.25) is 0 Å². The van der Waals surface area contributed by atoms with Crippen LogP contribution in [0.15, 0.2) is 42.6 Å². The van der Waals surface area contributed by atoms with Crippen LogP contribution in [0.4, 0.5) is 17.2 Å². The second-order valence-corrected chi connectivity index (χ2v) is 5.87. The minimum Gasteiger partial charge on any atom is -0.378 e. The molecule has 2 heterocycles. The molecule has 1 amide bonds. The van der Waals surface area contributed by atoms with E-state index in [1.54, 1.807) is 12.3 Å². The predicted molar refractivity (Wildman–Crippen MR) is 96.0 cm³/mol. The number of nitrogens with one attached hydrogen (secondary N) is 1. The summed E-state index contributed by atoms with van der Waals surface area (Å²) in [4.78, 5) is 21.2. The Morgan fingerprint density at radius 1 is 1.21 bits per heavy atom. The fourth-order valence-electron chi connectivity index (χ4n) is 2.66. The number of amides is 1. The molecule has 6 nitrogen and oxygen atoms in total. The molecule has 1 saturated heterocycles. The lowest BCUT2D eigenvalue weighted by Gasteiger charge is -2.29. The van der Waals surface area contributed by atoms with Crippen molar-refractivity contribution in [3.8, 4) is 0 Å². The fraction of sp³-hybridized carbons (Fsp3) is 0.333. The molecule has 0 spiro atoms. The molecule has 24 heavy (non-hydrogen) atoms. The summed E-state index contributed by atoms with van der Waals surface area (Å²) in [5, 5.41) is 2.97. The molecule has 0 aliphatic carbocycles. The van der Waals surface area contributed by atoms with Gasteiger partial charge in [-0.05, 0) is 30.3 Å². The molecule has 0 saturated carbocycles. The van der Waals surface area contributed by atoms with Gasteiger partial charge in [-0.2, -0.15) is 0 Å². The summed E-state index contributed by atoms with van der Waals surface area (Å²) in [5.41, 5.74) is 2.38. The summed E-state index contributed by atoms with van der Waals surface area (Å²) in [6, 6.07) is 11.4. The van der Waals surface area contributed by atoms with E-state index in [1.807, 2.05) is 49.3 Å². The van der Waals surface area contributed by atoms with Crippen LogP contribution in [-0.2, 0) is 4.74 Å². The fourth-order valence-corrected chi connectivity index (χ4v) is 2.66. The highest BCUT2D eigenvalue weighted by atomic mass is 16.5. The first kappa shape index (κ1) is 16.3. The van der Waals surface area contributed by atoms with Gasteiger partial charge in [0.15, 0.2) is 0 Å². The molecule has 1 aromatic heterocycles. The van der Waals surface area contributed by atoms with Gasteiger partial charge in [0.05, 0.1) is 18.8 Å². The van der Waals surface area contributed by atoms with Crippen LogP contribution in [0.3, 0.4) is 0 Å². The number of carbonyl (C=O) groups is 1. The minimum absolute atomic E-state index is 0.152. The number of morpholine rings is 1. The maximum absolute atomic E-state index is 12.7. The molecule has 1 aliphatic rings. The van der Waals surface area contributed by atoms with Crippen molar-refractivity contribution in [1.29, 1.82) is 0 Å². The molecule has 1 aromatic carbocycles. The topological polar surface area (TPSA) is 57.7 Å². The first-order valence-electron chi connectivity index (χ1n) is 8.01. The van der Waals surface area contributed by atoms with Crippen molar-refractivity contribution in [2.24, 2.45) is 0 Å². The molecule has 2 aromatic rings. The molecule has 0 radical (unpaired) electrons. The summed E-state index contributed by atoms with van der Waals surface area (Å²) in [6.45, 7) is 2.80. The summed E-state index contributed by atoms with van der Waals surface area (Å²) < 4.78 is 5.38. The lowest BCUT2D eigenvalue weighted by molar-refractivity contribution is 0.102. The summed E-state index contributed by atoms with van der Waals surface area (Å²) >= 11 is 0. The van der Waals surface area contributed by atoms with Crippen LogP contribution in [-0.4, -0.2) is 51.3 Å². The van der Waals surface area contributed by atoms with Gasteiger partial charge in [-0.25, -0.2) is 4.98 Å². The zero-order chi connectivity index (χ0) is 16.9. The van der Waals surface area contributed by atoms with E-state index in [-0.39, 0.29) is 5.91 Å². The molecule has 0 atom stereocenters. The van der Waals surface area contributed by atoms with Crippen molar-refractivity contribution in [1.82, 2.24) is 4.98 Å². The van der Waals surface area contributed by atoms with Gasteiger partial charge in [0.25, 0.3) is 5.91 Å². The standard InChI is InChI=1S/C18H22N4O2/c1-21(2)15-6-3-5-14(13-15)20-18(23)16-7-4-8-19-17(16)22-9-11-24-12-10-22/h3-8,13H,9-12H2,1-2H3,(H,20,23). The van der Waals surface area contributed by atoms with Gasteiger partial charge < -0.3 is 19.9 Å². The Hall–Kier alpha value is -2.60. The average Bonchev–Trinajstić information content (AvgIpc) is 2.62. The lowest BCUT2D eigenvalue weighted by Crippen LogP contribution is -2.38. The van der Waals surface area contributed by atoms with Crippen molar-refractivity contribution in [3.63, 3.8) is 0 Å². The Morgan fingerprint density at radius 3 is 2.75 bits per heavy atom. The zero-order valence-electron chi connectivity index (χ0n) is 14.0. The van der Waals surface area contributed by atoms with Crippen LogP contribution >= 0.6 is 0 Å². The Kier molecular flexibility index (Phi) is 4.96. The molecule has 3 rings (SSSR count). The Balaban J connectivity index is 1.81.